The molecule has 1 aromatic carbocycles. The first-order valence-electron chi connectivity index (χ1n) is 10.1. The van der Waals surface area contributed by atoms with Gasteiger partial charge in [0.15, 0.2) is 11.5 Å². The maximum absolute atomic E-state index is 12.8. The van der Waals surface area contributed by atoms with Crippen molar-refractivity contribution in [2.45, 2.75) is 51.1 Å². The molecule has 0 saturated heterocycles. The van der Waals surface area contributed by atoms with Crippen molar-refractivity contribution in [2.75, 3.05) is 20.3 Å². The SMILES string of the molecule is CCOC(=O)C1=C(CNC2CCCCC2)NC(=O)NC1c1ccc(O)c(OC)c1. The first kappa shape index (κ1) is 21.0. The van der Waals surface area contributed by atoms with Gasteiger partial charge in [0.25, 0.3) is 0 Å². The van der Waals surface area contributed by atoms with Gasteiger partial charge in [0, 0.05) is 18.3 Å². The standard InChI is InChI=1S/C21H29N3O5/c1-3-29-20(26)18-15(12-22-14-7-5-4-6-8-14)23-21(27)24-19(18)13-9-10-16(25)17(11-13)28-2/h9-11,14,19,22,25H,3-8,12H2,1-2H3,(H2,23,24,27). The van der Waals surface area contributed by atoms with E-state index in [1.54, 1.807) is 19.1 Å². The van der Waals surface area contributed by atoms with Crippen molar-refractivity contribution in [2.24, 2.45) is 0 Å². The van der Waals surface area contributed by atoms with Gasteiger partial charge in [-0.05, 0) is 37.5 Å². The summed E-state index contributed by atoms with van der Waals surface area (Å²) in [4.78, 5) is 25.1. The number of ether oxygens (including phenoxy) is 2. The van der Waals surface area contributed by atoms with Crippen LogP contribution in [0.5, 0.6) is 11.5 Å². The van der Waals surface area contributed by atoms with Gasteiger partial charge in [-0.3, -0.25) is 0 Å². The number of phenols is 1. The summed E-state index contributed by atoms with van der Waals surface area (Å²) >= 11 is 0. The number of hydrogen-bond donors (Lipinski definition) is 4. The lowest BCUT2D eigenvalue weighted by molar-refractivity contribution is -0.139. The normalized spacial score (nSPS) is 20.1. The maximum Gasteiger partial charge on any atom is 0.338 e. The largest absolute Gasteiger partial charge is 0.504 e. The number of amides is 2. The highest BCUT2D eigenvalue weighted by Gasteiger charge is 2.34. The molecule has 1 aliphatic heterocycles. The van der Waals surface area contributed by atoms with Gasteiger partial charge in [0.1, 0.15) is 0 Å². The van der Waals surface area contributed by atoms with E-state index >= 15 is 0 Å². The molecule has 2 aliphatic rings. The van der Waals surface area contributed by atoms with Crippen LogP contribution in [0.25, 0.3) is 0 Å². The molecule has 29 heavy (non-hydrogen) atoms. The molecule has 1 saturated carbocycles. The Kier molecular flexibility index (Phi) is 6.98. The van der Waals surface area contributed by atoms with Crippen molar-refractivity contribution >= 4 is 12.0 Å². The second-order valence-electron chi connectivity index (χ2n) is 7.29. The summed E-state index contributed by atoms with van der Waals surface area (Å²) in [5, 5.41) is 18.9. The van der Waals surface area contributed by atoms with Crippen LogP contribution in [-0.2, 0) is 9.53 Å². The summed E-state index contributed by atoms with van der Waals surface area (Å²) in [5.74, 6) is -0.241. The third kappa shape index (κ3) is 5.00. The van der Waals surface area contributed by atoms with Crippen molar-refractivity contribution in [3.05, 3.63) is 35.0 Å². The van der Waals surface area contributed by atoms with Crippen LogP contribution in [0.3, 0.4) is 0 Å². The van der Waals surface area contributed by atoms with Crippen LogP contribution < -0.4 is 20.7 Å². The van der Waals surface area contributed by atoms with Gasteiger partial charge in [-0.2, -0.15) is 0 Å². The molecular weight excluding hydrogens is 374 g/mol. The first-order valence-corrected chi connectivity index (χ1v) is 10.1. The van der Waals surface area contributed by atoms with Gasteiger partial charge in [0.05, 0.1) is 25.3 Å². The fourth-order valence-corrected chi connectivity index (χ4v) is 3.88. The molecule has 1 heterocycles. The van der Waals surface area contributed by atoms with Gasteiger partial charge in [-0.1, -0.05) is 25.3 Å². The summed E-state index contributed by atoms with van der Waals surface area (Å²) < 4.78 is 10.5. The zero-order valence-electron chi connectivity index (χ0n) is 16.9. The lowest BCUT2D eigenvalue weighted by Gasteiger charge is -2.31. The highest BCUT2D eigenvalue weighted by molar-refractivity contribution is 5.95. The van der Waals surface area contributed by atoms with E-state index in [1.807, 2.05) is 0 Å². The number of carbonyl (C=O) groups is 2. The molecule has 2 amide bonds. The topological polar surface area (TPSA) is 109 Å². The molecule has 1 fully saturated rings. The predicted molar refractivity (Wildman–Crippen MR) is 108 cm³/mol. The summed E-state index contributed by atoms with van der Waals surface area (Å²) in [6, 6.07) is 4.01. The number of nitrogens with one attached hydrogen (secondary N) is 3. The van der Waals surface area contributed by atoms with Gasteiger partial charge < -0.3 is 30.5 Å². The first-order chi connectivity index (χ1) is 14.0. The fraction of sp³-hybridized carbons (Fsp3) is 0.524. The number of urea groups is 1. The average Bonchev–Trinajstić information content (AvgIpc) is 2.73. The minimum absolute atomic E-state index is 0.0163. The third-order valence-electron chi connectivity index (χ3n) is 5.36. The van der Waals surface area contributed by atoms with E-state index in [-0.39, 0.29) is 18.1 Å². The number of methoxy groups -OCH3 is 1. The molecule has 1 atom stereocenters. The summed E-state index contributed by atoms with van der Waals surface area (Å²) in [5.41, 5.74) is 1.48. The van der Waals surface area contributed by atoms with E-state index < -0.39 is 18.0 Å². The second-order valence-corrected chi connectivity index (χ2v) is 7.29. The van der Waals surface area contributed by atoms with Crippen LogP contribution in [0.1, 0.15) is 50.6 Å². The summed E-state index contributed by atoms with van der Waals surface area (Å²) in [7, 11) is 1.45. The van der Waals surface area contributed by atoms with E-state index in [2.05, 4.69) is 16.0 Å². The minimum atomic E-state index is -0.708. The van der Waals surface area contributed by atoms with Crippen LogP contribution in [0.4, 0.5) is 4.79 Å². The number of phenolic OH excluding ortho intramolecular Hbond substituents is 1. The van der Waals surface area contributed by atoms with E-state index in [0.29, 0.717) is 29.4 Å². The van der Waals surface area contributed by atoms with Gasteiger partial charge in [0.2, 0.25) is 0 Å². The van der Waals surface area contributed by atoms with Crippen molar-refractivity contribution in [3.8, 4) is 11.5 Å². The van der Waals surface area contributed by atoms with E-state index in [4.69, 9.17) is 9.47 Å². The Balaban J connectivity index is 1.93. The number of hydrogen-bond acceptors (Lipinski definition) is 6. The lowest BCUT2D eigenvalue weighted by atomic mass is 9.93. The quantitative estimate of drug-likeness (QED) is 0.521. The lowest BCUT2D eigenvalue weighted by Crippen LogP contribution is -2.49. The van der Waals surface area contributed by atoms with Gasteiger partial charge >= 0.3 is 12.0 Å². The zero-order valence-corrected chi connectivity index (χ0v) is 16.9. The highest BCUT2D eigenvalue weighted by Crippen LogP contribution is 2.34. The summed E-state index contributed by atoms with van der Waals surface area (Å²) in [6.45, 7) is 2.34. The van der Waals surface area contributed by atoms with Gasteiger partial charge in [-0.15, -0.1) is 0 Å². The molecule has 8 heteroatoms. The molecule has 0 spiro atoms. The van der Waals surface area contributed by atoms with Crippen LogP contribution in [0.2, 0.25) is 0 Å². The smallest absolute Gasteiger partial charge is 0.338 e. The zero-order chi connectivity index (χ0) is 20.8. The van der Waals surface area contributed by atoms with Crippen LogP contribution >= 0.6 is 0 Å². The second kappa shape index (κ2) is 9.65. The van der Waals surface area contributed by atoms with Crippen molar-refractivity contribution in [1.82, 2.24) is 16.0 Å². The van der Waals surface area contributed by atoms with Crippen molar-refractivity contribution < 1.29 is 24.2 Å². The van der Waals surface area contributed by atoms with Crippen LogP contribution in [-0.4, -0.2) is 43.4 Å². The number of benzene rings is 1. The molecule has 1 aromatic rings. The molecule has 1 aliphatic carbocycles. The Morgan fingerprint density at radius 2 is 2.03 bits per heavy atom. The fourth-order valence-electron chi connectivity index (χ4n) is 3.88. The average molecular weight is 403 g/mol. The molecule has 0 radical (unpaired) electrons. The molecule has 3 rings (SSSR count). The molecule has 4 N–H and O–H groups in total. The van der Waals surface area contributed by atoms with Crippen LogP contribution in [0.15, 0.2) is 29.5 Å². The maximum atomic E-state index is 12.8. The number of esters is 1. The van der Waals surface area contributed by atoms with Crippen LogP contribution in [0, 0.1) is 0 Å². The highest BCUT2D eigenvalue weighted by atomic mass is 16.5. The van der Waals surface area contributed by atoms with Gasteiger partial charge in [-0.25, -0.2) is 9.59 Å². The number of rotatable bonds is 7. The molecule has 1 unspecified atom stereocenters. The molecule has 0 bridgehead atoms. The Morgan fingerprint density at radius 1 is 1.28 bits per heavy atom. The number of carbonyl (C=O) groups excluding carboxylic acids is 2. The Morgan fingerprint density at radius 3 is 2.72 bits per heavy atom. The minimum Gasteiger partial charge on any atom is -0.504 e. The molecular formula is C21H29N3O5. The Bertz CT molecular complexity index is 787. The van der Waals surface area contributed by atoms with E-state index in [9.17, 15) is 14.7 Å². The van der Waals surface area contributed by atoms with E-state index in [1.165, 1.54) is 32.4 Å². The van der Waals surface area contributed by atoms with E-state index in [0.717, 1.165) is 12.8 Å². The van der Waals surface area contributed by atoms with Crippen molar-refractivity contribution in [1.29, 1.82) is 0 Å². The monoisotopic (exact) mass is 403 g/mol. The molecule has 0 aromatic heterocycles. The Hall–Kier alpha value is -2.74. The predicted octanol–water partition coefficient (Wildman–Crippen LogP) is 2.49. The molecule has 8 nitrogen and oxygen atoms in total. The number of aromatic hydroxyl groups is 1. The molecule has 158 valence electrons. The Labute approximate surface area is 170 Å². The van der Waals surface area contributed by atoms with Crippen molar-refractivity contribution in [3.63, 3.8) is 0 Å². The summed E-state index contributed by atoms with van der Waals surface area (Å²) in [6.07, 6.45) is 5.80. The third-order valence-corrected chi connectivity index (χ3v) is 5.36.